The molecule has 8 heteroatoms. The van der Waals surface area contributed by atoms with E-state index < -0.39 is 35.0 Å². The number of halogens is 3. The van der Waals surface area contributed by atoms with Gasteiger partial charge in [-0.15, -0.1) is 0 Å². The van der Waals surface area contributed by atoms with Crippen LogP contribution in [0.2, 0.25) is 0 Å². The molecule has 1 aliphatic heterocycles. The molecule has 0 N–H and O–H groups in total. The molecular formula is C31H35F3N2O3. The number of piperidine rings is 1. The van der Waals surface area contributed by atoms with Crippen molar-refractivity contribution in [2.24, 2.45) is 5.41 Å². The number of alkyl halides is 2. The van der Waals surface area contributed by atoms with Crippen molar-refractivity contribution in [1.29, 1.82) is 0 Å². The van der Waals surface area contributed by atoms with Crippen LogP contribution in [0, 0.1) is 11.2 Å². The van der Waals surface area contributed by atoms with Gasteiger partial charge >= 0.3 is 0 Å². The summed E-state index contributed by atoms with van der Waals surface area (Å²) in [6.45, 7) is 2.04. The molecule has 2 amide bonds. The van der Waals surface area contributed by atoms with E-state index in [0.717, 1.165) is 0 Å². The number of Topliss-reactive ketones (excluding diaryl/α,β-unsaturated/α-hetero) is 1. The zero-order chi connectivity index (χ0) is 27.8. The fraction of sp³-hybridized carbons (Fsp3) is 0.516. The van der Waals surface area contributed by atoms with Crippen molar-refractivity contribution in [1.82, 2.24) is 4.90 Å². The van der Waals surface area contributed by atoms with Crippen molar-refractivity contribution in [2.75, 3.05) is 18.0 Å². The molecule has 1 atom stereocenters. The minimum absolute atomic E-state index is 0.0974. The first-order valence-corrected chi connectivity index (χ1v) is 13.9. The lowest BCUT2D eigenvalue weighted by Gasteiger charge is -2.43. The Labute approximate surface area is 227 Å². The van der Waals surface area contributed by atoms with Gasteiger partial charge in [-0.05, 0) is 63.6 Å². The first-order valence-electron chi connectivity index (χ1n) is 13.9. The number of carbonyl (C=O) groups is 3. The quantitative estimate of drug-likeness (QED) is 0.429. The molecule has 0 spiro atoms. The lowest BCUT2D eigenvalue weighted by Crippen LogP contribution is -2.52. The van der Waals surface area contributed by atoms with Gasteiger partial charge in [0, 0.05) is 55.1 Å². The average molecular weight is 541 g/mol. The van der Waals surface area contributed by atoms with Crippen LogP contribution in [0.1, 0.15) is 70.3 Å². The van der Waals surface area contributed by atoms with Crippen molar-refractivity contribution in [2.45, 2.75) is 82.1 Å². The number of benzene rings is 2. The molecule has 2 aliphatic carbocycles. The van der Waals surface area contributed by atoms with Gasteiger partial charge in [0.15, 0.2) is 0 Å². The molecule has 2 aromatic rings. The minimum atomic E-state index is -2.84. The summed E-state index contributed by atoms with van der Waals surface area (Å²) in [5, 5.41) is 0. The second-order valence-corrected chi connectivity index (χ2v) is 11.6. The van der Waals surface area contributed by atoms with Gasteiger partial charge in [-0.2, -0.15) is 0 Å². The number of ketones is 1. The van der Waals surface area contributed by atoms with Crippen LogP contribution < -0.4 is 4.90 Å². The second kappa shape index (κ2) is 10.4. The Bertz CT molecular complexity index is 1240. The van der Waals surface area contributed by atoms with Crippen LogP contribution in [0.3, 0.4) is 0 Å². The highest BCUT2D eigenvalue weighted by Gasteiger charge is 2.55. The average Bonchev–Trinajstić information content (AvgIpc) is 3.71. The van der Waals surface area contributed by atoms with Crippen LogP contribution in [0.5, 0.6) is 0 Å². The summed E-state index contributed by atoms with van der Waals surface area (Å²) in [6, 6.07) is 14.5. The molecule has 2 aromatic carbocycles. The molecule has 208 valence electrons. The molecule has 1 unspecified atom stereocenters. The summed E-state index contributed by atoms with van der Waals surface area (Å²) in [4.78, 5) is 43.6. The van der Waals surface area contributed by atoms with Crippen LogP contribution in [-0.2, 0) is 19.8 Å². The van der Waals surface area contributed by atoms with Crippen LogP contribution >= 0.6 is 0 Å². The summed E-state index contributed by atoms with van der Waals surface area (Å²) in [6.07, 6.45) is 1.88. The Morgan fingerprint density at radius 2 is 1.56 bits per heavy atom. The Morgan fingerprint density at radius 1 is 0.923 bits per heavy atom. The summed E-state index contributed by atoms with van der Waals surface area (Å²) in [5.41, 5.74) is -0.867. The topological polar surface area (TPSA) is 57.7 Å². The van der Waals surface area contributed by atoms with Crippen molar-refractivity contribution < 1.29 is 27.6 Å². The first kappa shape index (κ1) is 27.4. The van der Waals surface area contributed by atoms with Crippen molar-refractivity contribution in [3.05, 3.63) is 66.0 Å². The van der Waals surface area contributed by atoms with Gasteiger partial charge in [0.1, 0.15) is 11.6 Å². The third kappa shape index (κ3) is 5.35. The molecule has 0 aromatic heterocycles. The van der Waals surface area contributed by atoms with Crippen LogP contribution in [0.25, 0.3) is 0 Å². The summed E-state index contributed by atoms with van der Waals surface area (Å²) in [7, 11) is 0. The number of nitrogens with zero attached hydrogens (tertiary/aromatic N) is 2. The highest BCUT2D eigenvalue weighted by atomic mass is 19.3. The number of amides is 2. The Hall–Kier alpha value is -3.16. The molecule has 1 heterocycles. The maximum absolute atomic E-state index is 14.5. The number of hydrogen-bond donors (Lipinski definition) is 0. The van der Waals surface area contributed by atoms with Crippen LogP contribution in [0.15, 0.2) is 54.6 Å². The van der Waals surface area contributed by atoms with Gasteiger partial charge in [0.25, 0.3) is 0 Å². The molecular weight excluding hydrogens is 505 g/mol. The molecule has 2 saturated carbocycles. The molecule has 39 heavy (non-hydrogen) atoms. The molecule has 5 rings (SSSR count). The number of rotatable bonds is 7. The van der Waals surface area contributed by atoms with E-state index in [9.17, 15) is 27.6 Å². The second-order valence-electron chi connectivity index (χ2n) is 11.6. The lowest BCUT2D eigenvalue weighted by molar-refractivity contribution is -0.142. The minimum Gasteiger partial charge on any atom is -0.342 e. The van der Waals surface area contributed by atoms with Crippen LogP contribution in [0.4, 0.5) is 18.9 Å². The number of anilines is 1. The maximum Gasteiger partial charge on any atom is 0.250 e. The van der Waals surface area contributed by atoms with Crippen LogP contribution in [-0.4, -0.2) is 47.6 Å². The van der Waals surface area contributed by atoms with E-state index in [2.05, 4.69) is 0 Å². The van der Waals surface area contributed by atoms with Gasteiger partial charge in [0.2, 0.25) is 17.7 Å². The Morgan fingerprint density at radius 3 is 2.15 bits per heavy atom. The maximum atomic E-state index is 14.5. The number of carbonyl (C=O) groups excluding carboxylic acids is 3. The number of likely N-dealkylation sites (tertiary alicyclic amines) is 1. The van der Waals surface area contributed by atoms with E-state index in [1.54, 1.807) is 53.4 Å². The highest BCUT2D eigenvalue weighted by molar-refractivity contribution is 5.98. The monoisotopic (exact) mass is 540 g/mol. The fourth-order valence-electron chi connectivity index (χ4n) is 6.55. The lowest BCUT2D eigenvalue weighted by atomic mass is 9.72. The largest absolute Gasteiger partial charge is 0.342 e. The Kier molecular flexibility index (Phi) is 7.33. The molecule has 3 fully saturated rings. The normalized spacial score (nSPS) is 23.1. The van der Waals surface area contributed by atoms with E-state index in [-0.39, 0.29) is 43.5 Å². The zero-order valence-corrected chi connectivity index (χ0v) is 22.3. The van der Waals surface area contributed by atoms with E-state index in [4.69, 9.17) is 0 Å². The third-order valence-electron chi connectivity index (χ3n) is 9.08. The number of para-hydroxylation sites is 1. The molecule has 0 radical (unpaired) electrons. The van der Waals surface area contributed by atoms with Gasteiger partial charge in [0.05, 0.1) is 5.41 Å². The zero-order valence-electron chi connectivity index (χ0n) is 22.3. The van der Waals surface area contributed by atoms with E-state index in [1.165, 1.54) is 17.9 Å². The standard InChI is InChI=1S/C31H35F3N2O3/c1-22(37)29(16-18-35(19-17-29)28(39)30(14-15-30)25-11-5-6-12-26(25)32)21-27(38)36(23-8-3-2-4-9-23)24-10-7-13-31(33,34)20-24/h2-6,8-9,11-12,24H,7,10,13-21H2,1H3. The predicted molar refractivity (Wildman–Crippen MR) is 142 cm³/mol. The smallest absolute Gasteiger partial charge is 0.250 e. The van der Waals surface area contributed by atoms with E-state index in [0.29, 0.717) is 49.8 Å². The van der Waals surface area contributed by atoms with Gasteiger partial charge in [-0.25, -0.2) is 13.2 Å². The SMILES string of the molecule is CC(=O)C1(CC(=O)N(c2ccccc2)C2CCCC(F)(F)C2)CCN(C(=O)C2(c3ccccc3F)CC2)CC1. The summed E-state index contributed by atoms with van der Waals surface area (Å²) >= 11 is 0. The van der Waals surface area contributed by atoms with Gasteiger partial charge in [-0.1, -0.05) is 36.4 Å². The predicted octanol–water partition coefficient (Wildman–Crippen LogP) is 6.06. The number of hydrogen-bond acceptors (Lipinski definition) is 3. The summed E-state index contributed by atoms with van der Waals surface area (Å²) < 4.78 is 43.3. The fourth-order valence-corrected chi connectivity index (χ4v) is 6.55. The summed E-state index contributed by atoms with van der Waals surface area (Å²) in [5.74, 6) is -3.84. The van der Waals surface area contributed by atoms with Crippen molar-refractivity contribution in [3.63, 3.8) is 0 Å². The third-order valence-corrected chi connectivity index (χ3v) is 9.08. The Balaban J connectivity index is 1.33. The van der Waals surface area contributed by atoms with Gasteiger partial charge < -0.3 is 9.80 Å². The highest BCUT2D eigenvalue weighted by Crippen LogP contribution is 2.51. The van der Waals surface area contributed by atoms with E-state index in [1.807, 2.05) is 0 Å². The molecule has 0 bridgehead atoms. The van der Waals surface area contributed by atoms with Crippen molar-refractivity contribution in [3.8, 4) is 0 Å². The molecule has 5 nitrogen and oxygen atoms in total. The van der Waals surface area contributed by atoms with E-state index >= 15 is 0 Å². The van der Waals surface area contributed by atoms with Gasteiger partial charge in [-0.3, -0.25) is 14.4 Å². The first-order chi connectivity index (χ1) is 18.6. The molecule has 3 aliphatic rings. The molecule has 1 saturated heterocycles. The van der Waals surface area contributed by atoms with Crippen molar-refractivity contribution >= 4 is 23.3 Å².